The molecule has 26 heavy (non-hydrogen) atoms. The zero-order chi connectivity index (χ0) is 18.8. The summed E-state index contributed by atoms with van der Waals surface area (Å²) in [6.45, 7) is 6.64. The predicted octanol–water partition coefficient (Wildman–Crippen LogP) is 2.10. The molecule has 144 valence electrons. The van der Waals surface area contributed by atoms with Gasteiger partial charge in [-0.1, -0.05) is 19.9 Å². The predicted molar refractivity (Wildman–Crippen MR) is 102 cm³/mol. The van der Waals surface area contributed by atoms with Gasteiger partial charge in [0.25, 0.3) is 0 Å². The summed E-state index contributed by atoms with van der Waals surface area (Å²) in [5, 5.41) is 6.18. The summed E-state index contributed by atoms with van der Waals surface area (Å²) in [6.07, 6.45) is 6.02. The highest BCUT2D eigenvalue weighted by Gasteiger charge is 2.25. The quantitative estimate of drug-likeness (QED) is 0.745. The Kier molecular flexibility index (Phi) is 8.54. The highest BCUT2D eigenvalue weighted by molar-refractivity contribution is 5.84. The third-order valence-corrected chi connectivity index (χ3v) is 4.75. The van der Waals surface area contributed by atoms with Gasteiger partial charge in [0.2, 0.25) is 11.8 Å². The molecule has 0 spiro atoms. The molecule has 0 saturated carbocycles. The summed E-state index contributed by atoms with van der Waals surface area (Å²) in [5.74, 6) is 0.406. The zero-order valence-electron chi connectivity index (χ0n) is 16.0. The topological polar surface area (TPSA) is 74.3 Å². The van der Waals surface area contributed by atoms with Gasteiger partial charge in [-0.15, -0.1) is 0 Å². The molecule has 1 aromatic rings. The van der Waals surface area contributed by atoms with E-state index in [-0.39, 0.29) is 24.4 Å². The molecule has 1 unspecified atom stereocenters. The van der Waals surface area contributed by atoms with Gasteiger partial charge in [0.15, 0.2) is 0 Å². The molecule has 2 heterocycles. The second-order valence-corrected chi connectivity index (χ2v) is 7.39. The first-order valence-corrected chi connectivity index (χ1v) is 9.73. The summed E-state index contributed by atoms with van der Waals surface area (Å²) in [4.78, 5) is 31.1. The average molecular weight is 361 g/mol. The van der Waals surface area contributed by atoms with Crippen molar-refractivity contribution >= 4 is 11.8 Å². The third-order valence-electron chi connectivity index (χ3n) is 4.75. The normalized spacial score (nSPS) is 17.6. The smallest absolute Gasteiger partial charge is 0.242 e. The standard InChI is InChI=1S/C20H32N4O2/c1-16(2)8-9-19(25)23-14-20(26)24(15-17-6-3-4-12-22-17)18-7-5-11-21-13-10-18/h3-4,6,12,16,18,21H,5,7-11,13-15H2,1-2H3,(H,23,25). The number of pyridine rings is 1. The number of nitrogens with one attached hydrogen (secondary N) is 2. The van der Waals surface area contributed by atoms with E-state index in [0.717, 1.165) is 44.5 Å². The maximum absolute atomic E-state index is 12.9. The lowest BCUT2D eigenvalue weighted by Gasteiger charge is -2.31. The van der Waals surface area contributed by atoms with Crippen molar-refractivity contribution in [2.75, 3.05) is 19.6 Å². The summed E-state index contributed by atoms with van der Waals surface area (Å²) < 4.78 is 0. The SMILES string of the molecule is CC(C)CCC(=O)NCC(=O)N(Cc1ccccn1)C1CCCNCC1. The zero-order valence-corrected chi connectivity index (χ0v) is 16.0. The van der Waals surface area contributed by atoms with Crippen LogP contribution in [0.1, 0.15) is 51.6 Å². The van der Waals surface area contributed by atoms with Gasteiger partial charge in [0.05, 0.1) is 18.8 Å². The summed E-state index contributed by atoms with van der Waals surface area (Å²) >= 11 is 0. The van der Waals surface area contributed by atoms with Crippen LogP contribution in [0.2, 0.25) is 0 Å². The van der Waals surface area contributed by atoms with Crippen molar-refractivity contribution < 1.29 is 9.59 Å². The van der Waals surface area contributed by atoms with Crippen LogP contribution < -0.4 is 10.6 Å². The van der Waals surface area contributed by atoms with Crippen molar-refractivity contribution in [3.8, 4) is 0 Å². The number of nitrogens with zero attached hydrogens (tertiary/aromatic N) is 2. The number of aromatic nitrogens is 1. The first kappa shape index (κ1) is 20.4. The van der Waals surface area contributed by atoms with Crippen LogP contribution >= 0.6 is 0 Å². The molecule has 0 aliphatic carbocycles. The minimum Gasteiger partial charge on any atom is -0.347 e. The minimum absolute atomic E-state index is 0.0274. The molecule has 2 rings (SSSR count). The van der Waals surface area contributed by atoms with Crippen LogP contribution in [0.4, 0.5) is 0 Å². The molecule has 1 aromatic heterocycles. The van der Waals surface area contributed by atoms with Gasteiger partial charge in [-0.05, 0) is 56.8 Å². The van der Waals surface area contributed by atoms with Crippen molar-refractivity contribution in [3.05, 3.63) is 30.1 Å². The second-order valence-electron chi connectivity index (χ2n) is 7.39. The largest absolute Gasteiger partial charge is 0.347 e. The number of carbonyl (C=O) groups excluding carboxylic acids is 2. The van der Waals surface area contributed by atoms with Gasteiger partial charge in [0, 0.05) is 18.7 Å². The summed E-state index contributed by atoms with van der Waals surface area (Å²) in [5.41, 5.74) is 0.879. The number of rotatable bonds is 8. The summed E-state index contributed by atoms with van der Waals surface area (Å²) in [7, 11) is 0. The first-order chi connectivity index (χ1) is 12.6. The molecule has 6 nitrogen and oxygen atoms in total. The Morgan fingerprint density at radius 3 is 2.88 bits per heavy atom. The van der Waals surface area contributed by atoms with Gasteiger partial charge in [0.1, 0.15) is 0 Å². The fourth-order valence-electron chi connectivity index (χ4n) is 3.18. The van der Waals surface area contributed by atoms with E-state index in [0.29, 0.717) is 18.9 Å². The molecule has 0 bridgehead atoms. The number of hydrogen-bond acceptors (Lipinski definition) is 4. The Morgan fingerprint density at radius 2 is 2.15 bits per heavy atom. The minimum atomic E-state index is -0.0487. The van der Waals surface area contributed by atoms with Gasteiger partial charge in [-0.3, -0.25) is 14.6 Å². The molecule has 6 heteroatoms. The maximum Gasteiger partial charge on any atom is 0.242 e. The highest BCUT2D eigenvalue weighted by Crippen LogP contribution is 2.16. The van der Waals surface area contributed by atoms with E-state index < -0.39 is 0 Å². The third kappa shape index (κ3) is 7.12. The molecule has 0 aromatic carbocycles. The molecule has 1 saturated heterocycles. The van der Waals surface area contributed by atoms with Crippen LogP contribution in [0.5, 0.6) is 0 Å². The van der Waals surface area contributed by atoms with E-state index >= 15 is 0 Å². The van der Waals surface area contributed by atoms with Crippen molar-refractivity contribution in [2.45, 2.75) is 58.5 Å². The lowest BCUT2D eigenvalue weighted by atomic mass is 10.1. The van der Waals surface area contributed by atoms with E-state index in [4.69, 9.17) is 0 Å². The Bertz CT molecular complexity index is 554. The summed E-state index contributed by atoms with van der Waals surface area (Å²) in [6, 6.07) is 5.94. The van der Waals surface area contributed by atoms with Crippen LogP contribution in [0.3, 0.4) is 0 Å². The lowest BCUT2D eigenvalue weighted by Crippen LogP contribution is -2.45. The maximum atomic E-state index is 12.9. The fraction of sp³-hybridized carbons (Fsp3) is 0.650. The molecule has 0 radical (unpaired) electrons. The Labute approximate surface area is 156 Å². The number of hydrogen-bond donors (Lipinski definition) is 2. The van der Waals surface area contributed by atoms with Crippen LogP contribution in [0.25, 0.3) is 0 Å². The van der Waals surface area contributed by atoms with E-state index in [1.807, 2.05) is 23.1 Å². The molecule has 1 aliphatic rings. The van der Waals surface area contributed by atoms with E-state index in [9.17, 15) is 9.59 Å². The molecular weight excluding hydrogens is 328 g/mol. The Hall–Kier alpha value is -1.95. The molecular formula is C20H32N4O2. The molecule has 1 fully saturated rings. The van der Waals surface area contributed by atoms with Crippen LogP contribution in [0.15, 0.2) is 24.4 Å². The van der Waals surface area contributed by atoms with E-state index in [1.54, 1.807) is 6.20 Å². The van der Waals surface area contributed by atoms with Crippen molar-refractivity contribution in [1.82, 2.24) is 20.5 Å². The lowest BCUT2D eigenvalue weighted by molar-refractivity contribution is -0.135. The van der Waals surface area contributed by atoms with Gasteiger partial charge in [-0.2, -0.15) is 0 Å². The Balaban J connectivity index is 1.97. The second kappa shape index (κ2) is 10.9. The van der Waals surface area contributed by atoms with Crippen LogP contribution in [0, 0.1) is 5.92 Å². The Morgan fingerprint density at radius 1 is 1.31 bits per heavy atom. The van der Waals surface area contributed by atoms with E-state index in [1.165, 1.54) is 0 Å². The van der Waals surface area contributed by atoms with Crippen molar-refractivity contribution in [1.29, 1.82) is 0 Å². The van der Waals surface area contributed by atoms with Gasteiger partial charge < -0.3 is 15.5 Å². The average Bonchev–Trinajstić information content (AvgIpc) is 2.92. The van der Waals surface area contributed by atoms with Gasteiger partial charge in [-0.25, -0.2) is 0 Å². The molecule has 1 aliphatic heterocycles. The van der Waals surface area contributed by atoms with Crippen molar-refractivity contribution in [2.24, 2.45) is 5.92 Å². The molecule has 2 amide bonds. The number of amides is 2. The number of carbonyl (C=O) groups is 2. The van der Waals surface area contributed by atoms with Gasteiger partial charge >= 0.3 is 0 Å². The van der Waals surface area contributed by atoms with E-state index in [2.05, 4.69) is 29.5 Å². The highest BCUT2D eigenvalue weighted by atomic mass is 16.2. The fourth-order valence-corrected chi connectivity index (χ4v) is 3.18. The first-order valence-electron chi connectivity index (χ1n) is 9.73. The molecule has 1 atom stereocenters. The van der Waals surface area contributed by atoms with Crippen molar-refractivity contribution in [3.63, 3.8) is 0 Å². The molecule has 2 N–H and O–H groups in total. The van der Waals surface area contributed by atoms with Crippen LogP contribution in [-0.2, 0) is 16.1 Å². The monoisotopic (exact) mass is 360 g/mol. The van der Waals surface area contributed by atoms with Crippen LogP contribution in [-0.4, -0.2) is 47.4 Å².